The van der Waals surface area contributed by atoms with Crippen molar-refractivity contribution in [2.75, 3.05) is 31.2 Å². The lowest BCUT2D eigenvalue weighted by Crippen LogP contribution is -2.50. The van der Waals surface area contributed by atoms with E-state index >= 15 is 0 Å². The number of fused-ring (bicyclic) bond motifs is 3. The van der Waals surface area contributed by atoms with Crippen molar-refractivity contribution in [2.24, 2.45) is 0 Å². The van der Waals surface area contributed by atoms with E-state index in [1.165, 1.54) is 5.56 Å². The number of amides is 1. The number of morpholine rings is 1. The van der Waals surface area contributed by atoms with Gasteiger partial charge in [-0.15, -0.1) is 0 Å². The topological polar surface area (TPSA) is 103 Å². The van der Waals surface area contributed by atoms with Gasteiger partial charge in [-0.05, 0) is 49.3 Å². The Kier molecular flexibility index (Phi) is 5.85. The number of nitrogens with zero attached hydrogens (tertiary/aromatic N) is 3. The predicted molar refractivity (Wildman–Crippen MR) is 150 cm³/mol. The molecule has 1 aliphatic heterocycles. The second-order valence-electron chi connectivity index (χ2n) is 10.7. The smallest absolute Gasteiger partial charge is 0.405 e. The predicted octanol–water partition coefficient (Wildman–Crippen LogP) is 5.39. The van der Waals surface area contributed by atoms with Gasteiger partial charge in [-0.1, -0.05) is 54.6 Å². The molecule has 3 N–H and O–H groups in total. The number of aryl methyl sites for hydroxylation is 1. The van der Waals surface area contributed by atoms with Gasteiger partial charge in [-0.3, -0.25) is 10.1 Å². The van der Waals surface area contributed by atoms with Crippen molar-refractivity contribution in [2.45, 2.75) is 37.6 Å². The first-order valence-electron chi connectivity index (χ1n) is 13.7. The molecule has 1 saturated heterocycles. The SMILES string of the molecule is O=C(O)NC1(c2ccc(-c3nc4c(cc3-c3ccccc3)-c3n[nH]c(N5CCOCC5)c3CC4)cc2)CCC1. The molecule has 1 saturated carbocycles. The maximum atomic E-state index is 11.4. The van der Waals surface area contributed by atoms with Crippen LogP contribution in [0.15, 0.2) is 60.7 Å². The minimum atomic E-state index is -0.976. The monoisotopic (exact) mass is 521 g/mol. The van der Waals surface area contributed by atoms with Gasteiger partial charge in [0.15, 0.2) is 0 Å². The molecule has 2 aliphatic carbocycles. The molecule has 3 heterocycles. The zero-order valence-electron chi connectivity index (χ0n) is 21.7. The standard InChI is InChI=1S/C31H31N5O3/c37-30(38)33-31(13-4-14-31)22-9-7-21(8-10-22)27-24(20-5-2-1-3-6-20)19-25-26(32-27)12-11-23-28(25)34-35-29(23)36-15-17-39-18-16-36/h1-3,5-10,19,33H,4,11-18H2,(H,34,35)(H,37,38). The number of rotatable bonds is 5. The summed E-state index contributed by atoms with van der Waals surface area (Å²) in [6.07, 6.45) is 3.44. The van der Waals surface area contributed by atoms with Crippen LogP contribution in [-0.4, -0.2) is 52.7 Å². The van der Waals surface area contributed by atoms with E-state index in [0.29, 0.717) is 0 Å². The number of hydrogen-bond donors (Lipinski definition) is 3. The maximum absolute atomic E-state index is 11.4. The summed E-state index contributed by atoms with van der Waals surface area (Å²) < 4.78 is 5.55. The molecule has 0 radical (unpaired) electrons. The third kappa shape index (κ3) is 4.15. The van der Waals surface area contributed by atoms with Crippen LogP contribution in [0.1, 0.15) is 36.1 Å². The molecule has 3 aliphatic rings. The number of aromatic nitrogens is 3. The summed E-state index contributed by atoms with van der Waals surface area (Å²) in [4.78, 5) is 19.1. The van der Waals surface area contributed by atoms with E-state index in [2.05, 4.69) is 69.9 Å². The van der Waals surface area contributed by atoms with Crippen LogP contribution < -0.4 is 10.2 Å². The van der Waals surface area contributed by atoms with Crippen LogP contribution in [0, 0.1) is 0 Å². The van der Waals surface area contributed by atoms with E-state index in [1.54, 1.807) is 0 Å². The number of nitrogens with one attached hydrogen (secondary N) is 2. The Labute approximate surface area is 227 Å². The highest BCUT2D eigenvalue weighted by Crippen LogP contribution is 2.44. The molecule has 39 heavy (non-hydrogen) atoms. The summed E-state index contributed by atoms with van der Waals surface area (Å²) in [6.45, 7) is 3.21. The number of benzene rings is 2. The Balaban J connectivity index is 1.31. The largest absolute Gasteiger partial charge is 0.465 e. The first-order valence-corrected chi connectivity index (χ1v) is 13.7. The number of hydrogen-bond acceptors (Lipinski definition) is 5. The molecule has 198 valence electrons. The van der Waals surface area contributed by atoms with Crippen molar-refractivity contribution in [1.82, 2.24) is 20.5 Å². The van der Waals surface area contributed by atoms with Crippen LogP contribution in [-0.2, 0) is 23.1 Å². The Bertz CT molecular complexity index is 1520. The molecule has 2 aromatic heterocycles. The lowest BCUT2D eigenvalue weighted by molar-refractivity contribution is 0.122. The molecule has 2 fully saturated rings. The summed E-state index contributed by atoms with van der Waals surface area (Å²) in [5, 5.41) is 20.3. The van der Waals surface area contributed by atoms with E-state index in [0.717, 1.165) is 109 Å². The maximum Gasteiger partial charge on any atom is 0.405 e. The van der Waals surface area contributed by atoms with E-state index in [-0.39, 0.29) is 0 Å². The number of H-pyrrole nitrogens is 1. The normalized spacial score (nSPS) is 17.6. The number of carbonyl (C=O) groups is 1. The highest BCUT2D eigenvalue weighted by atomic mass is 16.5. The molecule has 8 nitrogen and oxygen atoms in total. The van der Waals surface area contributed by atoms with Gasteiger partial charge in [0, 0.05) is 35.3 Å². The zero-order valence-corrected chi connectivity index (χ0v) is 21.7. The molecule has 0 bridgehead atoms. The molecule has 8 heteroatoms. The van der Waals surface area contributed by atoms with Crippen LogP contribution >= 0.6 is 0 Å². The quantitative estimate of drug-likeness (QED) is 0.326. The summed E-state index contributed by atoms with van der Waals surface area (Å²) in [5.74, 6) is 1.11. The molecule has 0 spiro atoms. The molecular weight excluding hydrogens is 490 g/mol. The first kappa shape index (κ1) is 23.9. The highest BCUT2D eigenvalue weighted by molar-refractivity contribution is 5.86. The minimum Gasteiger partial charge on any atom is -0.465 e. The van der Waals surface area contributed by atoms with Gasteiger partial charge in [-0.25, -0.2) is 4.79 Å². The zero-order chi connectivity index (χ0) is 26.4. The van der Waals surface area contributed by atoms with E-state index < -0.39 is 11.6 Å². The van der Waals surface area contributed by atoms with Crippen LogP contribution in [0.3, 0.4) is 0 Å². The number of carboxylic acid groups (broad SMARTS) is 1. The van der Waals surface area contributed by atoms with E-state index in [1.807, 2.05) is 6.07 Å². The molecule has 4 aromatic rings. The van der Waals surface area contributed by atoms with Gasteiger partial charge in [0.05, 0.1) is 35.8 Å². The number of ether oxygens (including phenoxy) is 1. The van der Waals surface area contributed by atoms with Gasteiger partial charge < -0.3 is 20.1 Å². The van der Waals surface area contributed by atoms with Crippen molar-refractivity contribution in [3.63, 3.8) is 0 Å². The summed E-state index contributed by atoms with van der Waals surface area (Å²) in [6, 6.07) is 20.9. The highest BCUT2D eigenvalue weighted by Gasteiger charge is 2.40. The number of aromatic amines is 1. The summed E-state index contributed by atoms with van der Waals surface area (Å²) in [7, 11) is 0. The van der Waals surface area contributed by atoms with Crippen LogP contribution in [0.4, 0.5) is 10.6 Å². The summed E-state index contributed by atoms with van der Waals surface area (Å²) in [5.41, 5.74) is 9.06. The van der Waals surface area contributed by atoms with Crippen molar-refractivity contribution >= 4 is 11.9 Å². The average Bonchev–Trinajstić information content (AvgIpc) is 3.40. The van der Waals surface area contributed by atoms with Gasteiger partial charge in [0.25, 0.3) is 0 Å². The van der Waals surface area contributed by atoms with Crippen LogP contribution in [0.2, 0.25) is 0 Å². The molecule has 2 aromatic carbocycles. The van der Waals surface area contributed by atoms with Gasteiger partial charge in [0.2, 0.25) is 0 Å². The fraction of sp³-hybridized carbons (Fsp3) is 0.323. The molecule has 1 amide bonds. The van der Waals surface area contributed by atoms with Gasteiger partial charge in [-0.2, -0.15) is 5.10 Å². The Morgan fingerprint density at radius 1 is 0.949 bits per heavy atom. The van der Waals surface area contributed by atoms with Gasteiger partial charge >= 0.3 is 6.09 Å². The Hall–Kier alpha value is -4.17. The second-order valence-corrected chi connectivity index (χ2v) is 10.7. The lowest BCUT2D eigenvalue weighted by atomic mass is 9.71. The first-order chi connectivity index (χ1) is 19.1. The third-order valence-electron chi connectivity index (χ3n) is 8.49. The van der Waals surface area contributed by atoms with Crippen molar-refractivity contribution < 1.29 is 14.6 Å². The van der Waals surface area contributed by atoms with Crippen molar-refractivity contribution in [1.29, 1.82) is 0 Å². The van der Waals surface area contributed by atoms with Crippen molar-refractivity contribution in [3.8, 4) is 33.6 Å². The van der Waals surface area contributed by atoms with E-state index in [9.17, 15) is 9.90 Å². The Morgan fingerprint density at radius 3 is 2.41 bits per heavy atom. The average molecular weight is 522 g/mol. The fourth-order valence-electron chi connectivity index (χ4n) is 6.28. The van der Waals surface area contributed by atoms with Crippen molar-refractivity contribution in [3.05, 3.63) is 77.5 Å². The second kappa shape index (κ2) is 9.54. The Morgan fingerprint density at radius 2 is 1.72 bits per heavy atom. The molecule has 0 atom stereocenters. The van der Waals surface area contributed by atoms with Crippen LogP contribution in [0.25, 0.3) is 33.6 Å². The fourth-order valence-corrected chi connectivity index (χ4v) is 6.28. The number of pyridine rings is 1. The molecule has 0 unspecified atom stereocenters. The molecule has 7 rings (SSSR count). The molecular formula is C31H31N5O3. The van der Waals surface area contributed by atoms with Crippen LogP contribution in [0.5, 0.6) is 0 Å². The van der Waals surface area contributed by atoms with Gasteiger partial charge in [0.1, 0.15) is 5.82 Å². The van der Waals surface area contributed by atoms with E-state index in [4.69, 9.17) is 14.8 Å². The minimum absolute atomic E-state index is 0.482. The lowest BCUT2D eigenvalue weighted by Gasteiger charge is -2.42. The summed E-state index contributed by atoms with van der Waals surface area (Å²) >= 11 is 0. The third-order valence-corrected chi connectivity index (χ3v) is 8.49. The number of anilines is 1.